The molecule has 1 fully saturated rings. The van der Waals surface area contributed by atoms with Crippen LogP contribution in [-0.4, -0.2) is 37.2 Å². The number of hydrogen-bond donors (Lipinski definition) is 0. The first-order valence-corrected chi connectivity index (χ1v) is 11.7. The number of rotatable bonds is 3. The van der Waals surface area contributed by atoms with E-state index in [4.69, 9.17) is 0 Å². The van der Waals surface area contributed by atoms with Gasteiger partial charge in [-0.15, -0.1) is 0 Å². The molecule has 2 aromatic rings. The van der Waals surface area contributed by atoms with Crippen LogP contribution < -0.4 is 4.90 Å². The quantitative estimate of drug-likeness (QED) is 0.706. The molecule has 4 rings (SSSR count). The van der Waals surface area contributed by atoms with E-state index in [9.17, 15) is 12.8 Å². The Balaban J connectivity index is 1.66. The highest BCUT2D eigenvalue weighted by atomic mass is 79.9. The second-order valence-electron chi connectivity index (χ2n) is 6.36. The molecule has 26 heavy (non-hydrogen) atoms. The topological polar surface area (TPSA) is 49.7 Å². The summed E-state index contributed by atoms with van der Waals surface area (Å²) in [6.45, 7) is 0. The summed E-state index contributed by atoms with van der Waals surface area (Å²) in [4.78, 5) is 6.40. The minimum absolute atomic E-state index is 0.00602. The van der Waals surface area contributed by atoms with Gasteiger partial charge in [0.15, 0.2) is 15.0 Å². The van der Waals surface area contributed by atoms with Gasteiger partial charge in [0.25, 0.3) is 0 Å². The monoisotopic (exact) mass is 454 g/mol. The van der Waals surface area contributed by atoms with Crippen molar-refractivity contribution in [2.24, 2.45) is 4.99 Å². The standard InChI is InChI=1S/C18H16BrFN2O2S2/c19-13-6-7-16(14(20)8-13)22-17-11-26(23,24)10-15(17)21-18(22)25-9-12-4-2-1-3-5-12/h1-8,15,17H,9-11H2/t15-,17-/m0/s1. The number of nitrogens with zero attached hydrogens (tertiary/aromatic N) is 2. The molecule has 0 aliphatic carbocycles. The largest absolute Gasteiger partial charge is 0.312 e. The van der Waals surface area contributed by atoms with E-state index in [1.807, 2.05) is 30.3 Å². The molecule has 4 nitrogen and oxygen atoms in total. The van der Waals surface area contributed by atoms with Crippen LogP contribution in [0.5, 0.6) is 0 Å². The van der Waals surface area contributed by atoms with Gasteiger partial charge in [0.2, 0.25) is 0 Å². The van der Waals surface area contributed by atoms with Crippen LogP contribution >= 0.6 is 27.7 Å². The van der Waals surface area contributed by atoms with E-state index < -0.39 is 15.7 Å². The minimum Gasteiger partial charge on any atom is -0.312 e. The van der Waals surface area contributed by atoms with Crippen molar-refractivity contribution in [3.63, 3.8) is 0 Å². The van der Waals surface area contributed by atoms with E-state index in [1.165, 1.54) is 17.8 Å². The summed E-state index contributed by atoms with van der Waals surface area (Å²) in [5.74, 6) is 0.339. The van der Waals surface area contributed by atoms with Crippen LogP contribution in [0, 0.1) is 5.82 Å². The highest BCUT2D eigenvalue weighted by molar-refractivity contribution is 9.10. The molecule has 0 radical (unpaired) electrons. The lowest BCUT2D eigenvalue weighted by molar-refractivity contribution is 0.600. The Morgan fingerprint density at radius 3 is 2.69 bits per heavy atom. The fourth-order valence-electron chi connectivity index (χ4n) is 3.31. The van der Waals surface area contributed by atoms with Crippen molar-refractivity contribution in [2.45, 2.75) is 17.8 Å². The normalized spacial score (nSPS) is 23.8. The number of anilines is 1. The van der Waals surface area contributed by atoms with Gasteiger partial charge < -0.3 is 4.90 Å². The number of halogens is 2. The fraction of sp³-hybridized carbons (Fsp3) is 0.278. The third-order valence-electron chi connectivity index (χ3n) is 4.49. The Hall–Kier alpha value is -1.38. The van der Waals surface area contributed by atoms with Crippen LogP contribution in [0.25, 0.3) is 0 Å². The Labute approximate surface area is 164 Å². The van der Waals surface area contributed by atoms with Crippen molar-refractivity contribution in [1.29, 1.82) is 0 Å². The second kappa shape index (κ2) is 6.98. The number of fused-ring (bicyclic) bond motifs is 1. The predicted molar refractivity (Wildman–Crippen MR) is 108 cm³/mol. The summed E-state index contributed by atoms with van der Waals surface area (Å²) in [5.41, 5.74) is 1.51. The summed E-state index contributed by atoms with van der Waals surface area (Å²) >= 11 is 4.78. The summed E-state index contributed by atoms with van der Waals surface area (Å²) in [5, 5.41) is 0.681. The molecule has 0 amide bonds. The maximum atomic E-state index is 14.6. The van der Waals surface area contributed by atoms with Gasteiger partial charge in [0.1, 0.15) is 5.82 Å². The van der Waals surface area contributed by atoms with Crippen molar-refractivity contribution < 1.29 is 12.8 Å². The first-order valence-electron chi connectivity index (χ1n) is 8.12. The highest BCUT2D eigenvalue weighted by Crippen LogP contribution is 2.37. The zero-order valence-corrected chi connectivity index (χ0v) is 16.9. The summed E-state index contributed by atoms with van der Waals surface area (Å²) in [7, 11) is -3.15. The Morgan fingerprint density at radius 2 is 1.96 bits per heavy atom. The molecule has 0 saturated carbocycles. The van der Waals surface area contributed by atoms with Crippen molar-refractivity contribution in [2.75, 3.05) is 16.4 Å². The van der Waals surface area contributed by atoms with Crippen LogP contribution in [0.4, 0.5) is 10.1 Å². The van der Waals surface area contributed by atoms with Gasteiger partial charge in [-0.1, -0.05) is 58.0 Å². The van der Waals surface area contributed by atoms with Gasteiger partial charge in [0.05, 0.1) is 29.3 Å². The molecular weight excluding hydrogens is 439 g/mol. The maximum Gasteiger partial charge on any atom is 0.164 e. The van der Waals surface area contributed by atoms with Gasteiger partial charge in [-0.2, -0.15) is 0 Å². The van der Waals surface area contributed by atoms with Crippen molar-refractivity contribution in [3.05, 3.63) is 64.4 Å². The number of benzene rings is 2. The first-order chi connectivity index (χ1) is 12.4. The third kappa shape index (κ3) is 3.54. The second-order valence-corrected chi connectivity index (χ2v) is 10.4. The molecule has 2 heterocycles. The number of thioether (sulfide) groups is 1. The zero-order valence-electron chi connectivity index (χ0n) is 13.7. The molecule has 0 bridgehead atoms. The molecule has 0 N–H and O–H groups in total. The van der Waals surface area contributed by atoms with E-state index in [-0.39, 0.29) is 23.6 Å². The van der Waals surface area contributed by atoms with Gasteiger partial charge >= 0.3 is 0 Å². The minimum atomic E-state index is -3.15. The van der Waals surface area contributed by atoms with Crippen LogP contribution in [0.2, 0.25) is 0 Å². The van der Waals surface area contributed by atoms with E-state index in [0.29, 0.717) is 21.1 Å². The smallest absolute Gasteiger partial charge is 0.164 e. The van der Waals surface area contributed by atoms with Gasteiger partial charge in [-0.25, -0.2) is 12.8 Å². The average Bonchev–Trinajstić information content (AvgIpc) is 3.06. The summed E-state index contributed by atoms with van der Waals surface area (Å²) in [6, 6.07) is 14.1. The van der Waals surface area contributed by atoms with E-state index in [2.05, 4.69) is 20.9 Å². The van der Waals surface area contributed by atoms with Crippen LogP contribution in [0.1, 0.15) is 5.56 Å². The van der Waals surface area contributed by atoms with Gasteiger partial charge in [-0.3, -0.25) is 4.99 Å². The lowest BCUT2D eigenvalue weighted by Crippen LogP contribution is -2.39. The molecule has 1 saturated heterocycles. The van der Waals surface area contributed by atoms with Crippen molar-refractivity contribution >= 4 is 48.4 Å². The Kier molecular flexibility index (Phi) is 4.83. The molecule has 8 heteroatoms. The number of amidine groups is 1. The van der Waals surface area contributed by atoms with E-state index >= 15 is 0 Å². The van der Waals surface area contributed by atoms with Gasteiger partial charge in [-0.05, 0) is 23.8 Å². The van der Waals surface area contributed by atoms with Crippen LogP contribution in [0.3, 0.4) is 0 Å². The Morgan fingerprint density at radius 1 is 1.19 bits per heavy atom. The van der Waals surface area contributed by atoms with Crippen LogP contribution in [-0.2, 0) is 15.6 Å². The highest BCUT2D eigenvalue weighted by Gasteiger charge is 2.47. The Bertz CT molecular complexity index is 966. The molecule has 2 aliphatic rings. The molecular formula is C18H16BrFN2O2S2. The van der Waals surface area contributed by atoms with Crippen LogP contribution in [0.15, 0.2) is 58.0 Å². The van der Waals surface area contributed by atoms with Crippen molar-refractivity contribution in [3.8, 4) is 0 Å². The van der Waals surface area contributed by atoms with Crippen molar-refractivity contribution in [1.82, 2.24) is 0 Å². The first kappa shape index (κ1) is 18.0. The predicted octanol–water partition coefficient (Wildman–Crippen LogP) is 3.86. The lowest BCUT2D eigenvalue weighted by Gasteiger charge is -2.27. The molecule has 136 valence electrons. The molecule has 2 atom stereocenters. The zero-order chi connectivity index (χ0) is 18.3. The third-order valence-corrected chi connectivity index (χ3v) is 7.72. The summed E-state index contributed by atoms with van der Waals surface area (Å²) < 4.78 is 39.3. The molecule has 0 aromatic heterocycles. The molecule has 2 aromatic carbocycles. The summed E-state index contributed by atoms with van der Waals surface area (Å²) in [6.07, 6.45) is 0. The van der Waals surface area contributed by atoms with Gasteiger partial charge in [0, 0.05) is 10.2 Å². The average molecular weight is 455 g/mol. The molecule has 0 spiro atoms. The van der Waals surface area contributed by atoms with E-state index in [0.717, 1.165) is 5.56 Å². The number of hydrogen-bond acceptors (Lipinski definition) is 5. The fourth-order valence-corrected chi connectivity index (χ4v) is 6.56. The van der Waals surface area contributed by atoms with E-state index in [1.54, 1.807) is 17.0 Å². The number of sulfone groups is 1. The number of aliphatic imine (C=N–C) groups is 1. The SMILES string of the molecule is O=S1(=O)C[C@@H]2N=C(SCc3ccccc3)N(c3ccc(Br)cc3F)[C@H]2C1. The maximum absolute atomic E-state index is 14.6. The molecule has 2 aliphatic heterocycles. The lowest BCUT2D eigenvalue weighted by atomic mass is 10.1. The molecule has 0 unspecified atom stereocenters.